The molecule has 0 aliphatic rings. The van der Waals surface area contributed by atoms with E-state index in [4.69, 9.17) is 14.5 Å². The Morgan fingerprint density at radius 1 is 1.35 bits per heavy atom. The zero-order chi connectivity index (χ0) is 13.5. The standard InChI is InChI=1S/C9H16NO6P/c1-5-9(7-10,8(11)15-6-2)16-17(12,13-3)14-4/h5-6H2,1-4H3. The summed E-state index contributed by atoms with van der Waals surface area (Å²) in [6.45, 7) is 3.19. The van der Waals surface area contributed by atoms with Crippen LogP contribution in [0.25, 0.3) is 0 Å². The molecule has 0 rings (SSSR count). The average molecular weight is 265 g/mol. The fraction of sp³-hybridized carbons (Fsp3) is 0.778. The minimum Gasteiger partial charge on any atom is -0.463 e. The number of phosphoric ester groups is 1. The second-order valence-corrected chi connectivity index (χ2v) is 4.72. The molecular formula is C9H16NO6P. The summed E-state index contributed by atoms with van der Waals surface area (Å²) in [6, 6.07) is 1.65. The lowest BCUT2D eigenvalue weighted by molar-refractivity contribution is -0.158. The third-order valence-electron chi connectivity index (χ3n) is 2.00. The SMILES string of the molecule is CCOC(=O)C(C#N)(CC)OP(=O)(OC)OC. The summed E-state index contributed by atoms with van der Waals surface area (Å²) in [5.74, 6) is -0.917. The number of hydrogen-bond donors (Lipinski definition) is 0. The highest BCUT2D eigenvalue weighted by atomic mass is 31.2. The van der Waals surface area contributed by atoms with Crippen molar-refractivity contribution in [3.05, 3.63) is 0 Å². The molecule has 0 fully saturated rings. The molecular weight excluding hydrogens is 249 g/mol. The Labute approximate surface area is 100 Å². The van der Waals surface area contributed by atoms with Gasteiger partial charge in [0.2, 0.25) is 0 Å². The van der Waals surface area contributed by atoms with Crippen LogP contribution in [0.2, 0.25) is 0 Å². The number of nitriles is 1. The van der Waals surface area contributed by atoms with E-state index in [0.29, 0.717) is 0 Å². The monoisotopic (exact) mass is 265 g/mol. The maximum atomic E-state index is 11.8. The van der Waals surface area contributed by atoms with Crippen LogP contribution in [0.4, 0.5) is 0 Å². The smallest absolute Gasteiger partial charge is 0.463 e. The maximum absolute atomic E-state index is 11.8. The van der Waals surface area contributed by atoms with E-state index in [9.17, 15) is 9.36 Å². The molecule has 1 unspecified atom stereocenters. The number of rotatable bonds is 7. The van der Waals surface area contributed by atoms with E-state index in [2.05, 4.69) is 9.05 Å². The topological polar surface area (TPSA) is 94.9 Å². The van der Waals surface area contributed by atoms with E-state index in [1.807, 2.05) is 0 Å². The molecule has 1 atom stereocenters. The van der Waals surface area contributed by atoms with Gasteiger partial charge < -0.3 is 4.74 Å². The fourth-order valence-corrected chi connectivity index (χ4v) is 1.90. The van der Waals surface area contributed by atoms with E-state index < -0.39 is 19.4 Å². The van der Waals surface area contributed by atoms with E-state index >= 15 is 0 Å². The van der Waals surface area contributed by atoms with E-state index in [0.717, 1.165) is 14.2 Å². The first-order chi connectivity index (χ1) is 7.93. The zero-order valence-corrected chi connectivity index (χ0v) is 11.2. The van der Waals surface area contributed by atoms with Gasteiger partial charge in [0, 0.05) is 14.2 Å². The lowest BCUT2D eigenvalue weighted by Gasteiger charge is -2.25. The molecule has 7 nitrogen and oxygen atoms in total. The van der Waals surface area contributed by atoms with Crippen molar-refractivity contribution in [1.29, 1.82) is 5.26 Å². The van der Waals surface area contributed by atoms with Crippen molar-refractivity contribution in [2.75, 3.05) is 20.8 Å². The predicted octanol–water partition coefficient (Wildman–Crippen LogP) is 1.64. The molecule has 8 heteroatoms. The summed E-state index contributed by atoms with van der Waals surface area (Å²) in [6.07, 6.45) is -0.0426. The molecule has 0 aliphatic heterocycles. The Morgan fingerprint density at radius 2 is 1.88 bits per heavy atom. The van der Waals surface area contributed by atoms with Crippen molar-refractivity contribution in [2.24, 2.45) is 0 Å². The molecule has 0 aromatic heterocycles. The highest BCUT2D eigenvalue weighted by molar-refractivity contribution is 7.48. The Balaban J connectivity index is 5.17. The predicted molar refractivity (Wildman–Crippen MR) is 58.0 cm³/mol. The Morgan fingerprint density at radius 3 is 2.18 bits per heavy atom. The number of carbonyl (C=O) groups is 1. The van der Waals surface area contributed by atoms with Gasteiger partial charge >= 0.3 is 13.8 Å². The largest absolute Gasteiger partial charge is 0.476 e. The molecule has 0 N–H and O–H groups in total. The van der Waals surface area contributed by atoms with E-state index in [1.165, 1.54) is 6.92 Å². The zero-order valence-electron chi connectivity index (χ0n) is 10.3. The molecule has 0 aromatic rings. The van der Waals surface area contributed by atoms with Crippen molar-refractivity contribution < 1.29 is 27.7 Å². The van der Waals surface area contributed by atoms with Gasteiger partial charge in [-0.05, 0) is 13.3 Å². The molecule has 0 saturated carbocycles. The third kappa shape index (κ3) is 3.79. The molecule has 0 spiro atoms. The summed E-state index contributed by atoms with van der Waals surface area (Å²) >= 11 is 0. The first kappa shape index (κ1) is 16.1. The maximum Gasteiger partial charge on any atom is 0.476 e. The van der Waals surface area contributed by atoms with Gasteiger partial charge in [-0.25, -0.2) is 9.36 Å². The van der Waals surface area contributed by atoms with Crippen molar-refractivity contribution in [3.8, 4) is 6.07 Å². The molecule has 0 amide bonds. The van der Waals surface area contributed by atoms with Gasteiger partial charge in [-0.2, -0.15) is 5.26 Å². The summed E-state index contributed by atoms with van der Waals surface area (Å²) in [5, 5.41) is 9.02. The quantitative estimate of drug-likeness (QED) is 0.510. The summed E-state index contributed by atoms with van der Waals surface area (Å²) in [4.78, 5) is 11.6. The third-order valence-corrected chi connectivity index (χ3v) is 3.43. The number of ether oxygens (including phenoxy) is 1. The molecule has 17 heavy (non-hydrogen) atoms. The van der Waals surface area contributed by atoms with Crippen LogP contribution < -0.4 is 0 Å². The highest BCUT2D eigenvalue weighted by Crippen LogP contribution is 2.51. The fourth-order valence-electron chi connectivity index (χ4n) is 0.979. The number of carbonyl (C=O) groups excluding carboxylic acids is 1. The van der Waals surface area contributed by atoms with E-state index in [1.54, 1.807) is 13.0 Å². The minimum atomic E-state index is -3.94. The Bertz CT molecular complexity index is 344. The van der Waals surface area contributed by atoms with Crippen molar-refractivity contribution >= 4 is 13.8 Å². The van der Waals surface area contributed by atoms with Crippen molar-refractivity contribution in [2.45, 2.75) is 25.9 Å². The van der Waals surface area contributed by atoms with Crippen LogP contribution in [0.5, 0.6) is 0 Å². The van der Waals surface area contributed by atoms with Crippen LogP contribution in [-0.2, 0) is 27.7 Å². The molecule has 0 aliphatic carbocycles. The van der Waals surface area contributed by atoms with E-state index in [-0.39, 0.29) is 13.0 Å². The molecule has 0 radical (unpaired) electrons. The minimum absolute atomic E-state index is 0.0426. The normalized spacial score (nSPS) is 14.8. The van der Waals surface area contributed by atoms with Gasteiger partial charge in [0.1, 0.15) is 6.07 Å². The highest BCUT2D eigenvalue weighted by Gasteiger charge is 2.47. The van der Waals surface area contributed by atoms with Crippen molar-refractivity contribution in [1.82, 2.24) is 0 Å². The van der Waals surface area contributed by atoms with Crippen LogP contribution in [0.15, 0.2) is 0 Å². The number of esters is 1. The molecule has 0 aromatic carbocycles. The van der Waals surface area contributed by atoms with Crippen LogP contribution >= 0.6 is 7.82 Å². The molecule has 98 valence electrons. The van der Waals surface area contributed by atoms with Crippen LogP contribution in [-0.4, -0.2) is 32.4 Å². The van der Waals surface area contributed by atoms with Crippen LogP contribution in [0.3, 0.4) is 0 Å². The lowest BCUT2D eigenvalue weighted by Crippen LogP contribution is -2.40. The van der Waals surface area contributed by atoms with Gasteiger partial charge in [-0.15, -0.1) is 0 Å². The molecule has 0 heterocycles. The average Bonchev–Trinajstić information content (AvgIpc) is 2.36. The molecule has 0 saturated heterocycles. The van der Waals surface area contributed by atoms with Gasteiger partial charge in [0.05, 0.1) is 6.61 Å². The summed E-state index contributed by atoms with van der Waals surface area (Å²) in [5.41, 5.74) is -1.99. The molecule has 0 bridgehead atoms. The number of phosphoric acid groups is 1. The Hall–Kier alpha value is -0.930. The summed E-state index contributed by atoms with van der Waals surface area (Å²) < 4.78 is 30.4. The van der Waals surface area contributed by atoms with Gasteiger partial charge in [-0.3, -0.25) is 13.6 Å². The van der Waals surface area contributed by atoms with Crippen LogP contribution in [0, 0.1) is 11.3 Å². The number of nitrogens with zero attached hydrogens (tertiary/aromatic N) is 1. The Kier molecular flexibility index (Phi) is 6.35. The van der Waals surface area contributed by atoms with Gasteiger partial charge in [-0.1, -0.05) is 6.92 Å². The second kappa shape index (κ2) is 6.72. The number of hydrogen-bond acceptors (Lipinski definition) is 7. The summed E-state index contributed by atoms with van der Waals surface area (Å²) in [7, 11) is -1.76. The first-order valence-corrected chi connectivity index (χ1v) is 6.40. The lowest BCUT2D eigenvalue weighted by atomic mass is 10.0. The van der Waals surface area contributed by atoms with Crippen molar-refractivity contribution in [3.63, 3.8) is 0 Å². The van der Waals surface area contributed by atoms with Gasteiger partial charge in [0.25, 0.3) is 5.60 Å². The van der Waals surface area contributed by atoms with Gasteiger partial charge in [0.15, 0.2) is 0 Å². The first-order valence-electron chi connectivity index (χ1n) is 4.94. The second-order valence-electron chi connectivity index (χ2n) is 2.92. The van der Waals surface area contributed by atoms with Crippen LogP contribution in [0.1, 0.15) is 20.3 Å².